The topological polar surface area (TPSA) is 75.4 Å². The maximum atomic E-state index is 12.1. The molecule has 0 saturated carbocycles. The summed E-state index contributed by atoms with van der Waals surface area (Å²) in [5.41, 5.74) is 5.78. The number of nitrogens with one attached hydrogen (secondary N) is 1. The summed E-state index contributed by atoms with van der Waals surface area (Å²) in [6, 6.07) is 1.33. The maximum Gasteiger partial charge on any atom is 0.312 e. The van der Waals surface area contributed by atoms with Crippen LogP contribution in [-0.2, 0) is 0 Å². The quantitative estimate of drug-likeness (QED) is 0.774. The van der Waals surface area contributed by atoms with Gasteiger partial charge in [0.05, 0.1) is 8.45 Å². The first-order valence-electron chi connectivity index (χ1n) is 5.15. The van der Waals surface area contributed by atoms with E-state index < -0.39 is 6.03 Å². The number of rotatable bonds is 2. The van der Waals surface area contributed by atoms with E-state index in [1.54, 1.807) is 16.2 Å². The van der Waals surface area contributed by atoms with E-state index in [0.29, 0.717) is 13.1 Å². The molecule has 1 fully saturated rings. The Morgan fingerprint density at radius 1 is 1.59 bits per heavy atom. The van der Waals surface area contributed by atoms with Gasteiger partial charge in [0.1, 0.15) is 0 Å². The minimum Gasteiger partial charge on any atom is -0.352 e. The minimum absolute atomic E-state index is 0.0193. The molecule has 1 unspecified atom stereocenters. The van der Waals surface area contributed by atoms with Gasteiger partial charge in [0, 0.05) is 24.5 Å². The van der Waals surface area contributed by atoms with Gasteiger partial charge < -0.3 is 16.0 Å². The van der Waals surface area contributed by atoms with Gasteiger partial charge in [0.2, 0.25) is 0 Å². The van der Waals surface area contributed by atoms with E-state index in [1.165, 1.54) is 0 Å². The minimum atomic E-state index is -0.533. The lowest BCUT2D eigenvalue weighted by Crippen LogP contribution is -2.41. The largest absolute Gasteiger partial charge is 0.352 e. The van der Waals surface area contributed by atoms with Crippen LogP contribution in [0.4, 0.5) is 4.79 Å². The number of primary amides is 1. The van der Waals surface area contributed by atoms with Gasteiger partial charge in [-0.2, -0.15) is 0 Å². The van der Waals surface area contributed by atoms with Gasteiger partial charge in [0.15, 0.2) is 0 Å². The Bertz CT molecular complexity index is 449. The van der Waals surface area contributed by atoms with Crippen LogP contribution in [0.5, 0.6) is 0 Å². The van der Waals surface area contributed by atoms with E-state index in [-0.39, 0.29) is 11.9 Å². The number of nitrogens with two attached hydrogens (primary N) is 1. The SMILES string of the molecule is NC(=O)NC1CCN(C(=O)c2csc(I)c2)C1. The number of carbonyl (C=O) groups is 2. The van der Waals surface area contributed by atoms with Gasteiger partial charge in [-0.15, -0.1) is 11.3 Å². The number of thiophene rings is 1. The van der Waals surface area contributed by atoms with Crippen LogP contribution in [0.25, 0.3) is 0 Å². The molecule has 0 bridgehead atoms. The summed E-state index contributed by atoms with van der Waals surface area (Å²) in [5.74, 6) is 0.0259. The van der Waals surface area contributed by atoms with Gasteiger partial charge >= 0.3 is 6.03 Å². The lowest BCUT2D eigenvalue weighted by molar-refractivity contribution is 0.0790. The summed E-state index contributed by atoms with van der Waals surface area (Å²) < 4.78 is 1.09. The highest BCUT2D eigenvalue weighted by Gasteiger charge is 2.27. The molecule has 17 heavy (non-hydrogen) atoms. The van der Waals surface area contributed by atoms with Gasteiger partial charge in [0.25, 0.3) is 5.91 Å². The van der Waals surface area contributed by atoms with Crippen molar-refractivity contribution in [3.8, 4) is 0 Å². The zero-order chi connectivity index (χ0) is 12.4. The molecule has 0 aromatic carbocycles. The van der Waals surface area contributed by atoms with Crippen LogP contribution in [0, 0.1) is 2.88 Å². The fourth-order valence-corrected chi connectivity index (χ4v) is 3.19. The number of carbonyl (C=O) groups excluding carboxylic acids is 2. The van der Waals surface area contributed by atoms with Crippen molar-refractivity contribution in [1.29, 1.82) is 0 Å². The highest BCUT2D eigenvalue weighted by atomic mass is 127. The number of amides is 3. The Labute approximate surface area is 116 Å². The van der Waals surface area contributed by atoms with Crippen molar-refractivity contribution < 1.29 is 9.59 Å². The lowest BCUT2D eigenvalue weighted by Gasteiger charge is -2.15. The Hall–Kier alpha value is -0.830. The molecular formula is C10H12IN3O2S. The Morgan fingerprint density at radius 3 is 2.94 bits per heavy atom. The first kappa shape index (κ1) is 12.6. The molecule has 1 aromatic heterocycles. The first-order valence-corrected chi connectivity index (χ1v) is 7.11. The second-order valence-corrected chi connectivity index (χ2v) is 6.69. The van der Waals surface area contributed by atoms with Crippen molar-refractivity contribution in [2.24, 2.45) is 5.73 Å². The molecule has 92 valence electrons. The van der Waals surface area contributed by atoms with Crippen LogP contribution in [0.2, 0.25) is 0 Å². The molecule has 2 heterocycles. The van der Waals surface area contributed by atoms with Crippen molar-refractivity contribution in [1.82, 2.24) is 10.2 Å². The predicted molar refractivity (Wildman–Crippen MR) is 74.1 cm³/mol. The van der Waals surface area contributed by atoms with Crippen molar-refractivity contribution in [3.63, 3.8) is 0 Å². The van der Waals surface area contributed by atoms with Crippen molar-refractivity contribution >= 4 is 45.9 Å². The van der Waals surface area contributed by atoms with Gasteiger partial charge in [-0.1, -0.05) is 0 Å². The molecule has 3 amide bonds. The van der Waals surface area contributed by atoms with Crippen molar-refractivity contribution in [2.75, 3.05) is 13.1 Å². The van der Waals surface area contributed by atoms with Gasteiger partial charge in [-0.3, -0.25) is 4.79 Å². The smallest absolute Gasteiger partial charge is 0.312 e. The number of hydrogen-bond donors (Lipinski definition) is 2. The highest BCUT2D eigenvalue weighted by Crippen LogP contribution is 2.20. The Balaban J connectivity index is 1.96. The number of likely N-dealkylation sites (tertiary alicyclic amines) is 1. The molecule has 1 atom stereocenters. The third kappa shape index (κ3) is 3.09. The summed E-state index contributed by atoms with van der Waals surface area (Å²) >= 11 is 3.74. The van der Waals surface area contributed by atoms with Crippen LogP contribution in [0.3, 0.4) is 0 Å². The lowest BCUT2D eigenvalue weighted by atomic mass is 10.3. The molecule has 7 heteroatoms. The zero-order valence-electron chi connectivity index (χ0n) is 8.98. The third-order valence-corrected chi connectivity index (χ3v) is 4.43. The summed E-state index contributed by atoms with van der Waals surface area (Å²) in [6.45, 7) is 1.20. The fraction of sp³-hybridized carbons (Fsp3) is 0.400. The number of halogens is 1. The fourth-order valence-electron chi connectivity index (χ4n) is 1.87. The molecule has 3 N–H and O–H groups in total. The molecule has 5 nitrogen and oxygen atoms in total. The van der Waals surface area contributed by atoms with Crippen molar-refractivity contribution in [2.45, 2.75) is 12.5 Å². The number of nitrogens with zero attached hydrogens (tertiary/aromatic N) is 1. The maximum absolute atomic E-state index is 12.1. The predicted octanol–water partition coefficient (Wildman–Crippen LogP) is 1.24. The summed E-state index contributed by atoms with van der Waals surface area (Å²) in [6.07, 6.45) is 0.760. The average Bonchev–Trinajstić information content (AvgIpc) is 2.85. The van der Waals surface area contributed by atoms with E-state index in [2.05, 4.69) is 27.9 Å². The van der Waals surface area contributed by atoms with E-state index in [0.717, 1.165) is 14.9 Å². The second-order valence-electron chi connectivity index (χ2n) is 3.88. The molecule has 1 aliphatic rings. The van der Waals surface area contributed by atoms with Crippen molar-refractivity contribution in [3.05, 3.63) is 19.9 Å². The van der Waals surface area contributed by atoms with Gasteiger partial charge in [-0.05, 0) is 35.1 Å². The monoisotopic (exact) mass is 365 g/mol. The second kappa shape index (κ2) is 5.21. The van der Waals surface area contributed by atoms with E-state index in [9.17, 15) is 9.59 Å². The molecule has 2 rings (SSSR count). The number of urea groups is 1. The average molecular weight is 365 g/mol. The third-order valence-electron chi connectivity index (χ3n) is 2.64. The van der Waals surface area contributed by atoms with E-state index >= 15 is 0 Å². The molecule has 1 saturated heterocycles. The summed E-state index contributed by atoms with van der Waals surface area (Å²) in [7, 11) is 0. The van der Waals surface area contributed by atoms with Crippen LogP contribution in [-0.4, -0.2) is 36.0 Å². The van der Waals surface area contributed by atoms with Crippen LogP contribution >= 0.6 is 33.9 Å². The standard InChI is InChI=1S/C10H12IN3O2S/c11-8-3-6(5-17-8)9(15)14-2-1-7(4-14)13-10(12)16/h3,5,7H,1-2,4H2,(H3,12,13,16). The molecular weight excluding hydrogens is 353 g/mol. The molecule has 1 aliphatic heterocycles. The number of hydrogen-bond acceptors (Lipinski definition) is 3. The van der Waals surface area contributed by atoms with Crippen LogP contribution in [0.1, 0.15) is 16.8 Å². The first-order chi connectivity index (χ1) is 8.06. The van der Waals surface area contributed by atoms with Crippen LogP contribution < -0.4 is 11.1 Å². The molecule has 1 aromatic rings. The Morgan fingerprint density at radius 2 is 2.35 bits per heavy atom. The normalized spacial score (nSPS) is 19.4. The molecule has 0 radical (unpaired) electrons. The molecule has 0 aliphatic carbocycles. The molecule has 0 spiro atoms. The summed E-state index contributed by atoms with van der Waals surface area (Å²) in [5, 5.41) is 4.49. The summed E-state index contributed by atoms with van der Waals surface area (Å²) in [4.78, 5) is 24.5. The highest BCUT2D eigenvalue weighted by molar-refractivity contribution is 14.1. The van der Waals surface area contributed by atoms with Crippen LogP contribution in [0.15, 0.2) is 11.4 Å². The Kier molecular flexibility index (Phi) is 3.87. The van der Waals surface area contributed by atoms with Gasteiger partial charge in [-0.25, -0.2) is 4.79 Å². The van der Waals surface area contributed by atoms with E-state index in [1.807, 2.05) is 11.4 Å². The zero-order valence-corrected chi connectivity index (χ0v) is 12.0. The van der Waals surface area contributed by atoms with E-state index in [4.69, 9.17) is 5.73 Å².